The largest absolute Gasteiger partial charge is 0.359 e. The predicted molar refractivity (Wildman–Crippen MR) is 45.0 cm³/mol. The van der Waals surface area contributed by atoms with Crippen LogP contribution >= 0.6 is 0 Å². The van der Waals surface area contributed by atoms with Gasteiger partial charge in [-0.2, -0.15) is 0 Å². The van der Waals surface area contributed by atoms with Gasteiger partial charge in [-0.15, -0.1) is 0 Å². The summed E-state index contributed by atoms with van der Waals surface area (Å²) in [5, 5.41) is 0. The number of nitrogens with two attached hydrogens (primary N) is 1. The van der Waals surface area contributed by atoms with Gasteiger partial charge in [0.25, 0.3) is 5.91 Å². The maximum absolute atomic E-state index is 10.3. The zero-order valence-corrected chi connectivity index (χ0v) is 6.66. The molecule has 0 aliphatic carbocycles. The fourth-order valence-corrected chi connectivity index (χ4v) is 0.737. The summed E-state index contributed by atoms with van der Waals surface area (Å²) in [5.41, 5.74) is 6.38. The molecule has 0 radical (unpaired) electrons. The zero-order valence-electron chi connectivity index (χ0n) is 6.66. The van der Waals surface area contributed by atoms with Crippen LogP contribution in [-0.2, 0) is 4.79 Å². The van der Waals surface area contributed by atoms with E-state index in [1.165, 1.54) is 0 Å². The van der Waals surface area contributed by atoms with Crippen LogP contribution in [0.4, 0.5) is 0 Å². The molecule has 0 aliphatic rings. The van der Waals surface area contributed by atoms with E-state index in [1.807, 2.05) is 19.1 Å². The summed E-state index contributed by atoms with van der Waals surface area (Å²) in [6.07, 6.45) is 1.62. The van der Waals surface area contributed by atoms with Crippen molar-refractivity contribution in [2.24, 2.45) is 5.73 Å². The summed E-state index contributed by atoms with van der Waals surface area (Å²) in [5.74, 6) is 4.17. The number of hydrogen-bond donors (Lipinski definition) is 1. The van der Waals surface area contributed by atoms with Gasteiger partial charge in [0.2, 0.25) is 0 Å². The third-order valence-corrected chi connectivity index (χ3v) is 1.31. The van der Waals surface area contributed by atoms with Crippen molar-refractivity contribution in [1.82, 2.24) is 4.98 Å². The molecular weight excluding hydrogens is 152 g/mol. The average Bonchev–Trinajstić information content (AvgIpc) is 2.03. The lowest BCUT2D eigenvalue weighted by molar-refractivity contribution is -0.112. The first kappa shape index (κ1) is 8.28. The summed E-state index contributed by atoms with van der Waals surface area (Å²) in [6.45, 7) is 1.87. The number of aryl methyl sites for hydroxylation is 1. The third-order valence-electron chi connectivity index (χ3n) is 1.31. The van der Waals surface area contributed by atoms with Crippen LogP contribution in [0.2, 0.25) is 0 Å². The standard InChI is InChI=1S/C9H8N2O/c1-7-3-2-6-11-8(7)4-5-9(10)12/h2-3,6H,1H3,(H2,10,12). The number of pyridine rings is 1. The van der Waals surface area contributed by atoms with Crippen molar-refractivity contribution in [1.29, 1.82) is 0 Å². The Morgan fingerprint density at radius 3 is 3.00 bits per heavy atom. The summed E-state index contributed by atoms with van der Waals surface area (Å²) < 4.78 is 0. The second-order valence-corrected chi connectivity index (χ2v) is 2.28. The molecule has 0 bridgehead atoms. The minimum Gasteiger partial charge on any atom is -0.359 e. The van der Waals surface area contributed by atoms with Crippen molar-refractivity contribution in [3.05, 3.63) is 29.6 Å². The van der Waals surface area contributed by atoms with Gasteiger partial charge >= 0.3 is 0 Å². The van der Waals surface area contributed by atoms with Crippen LogP contribution in [0, 0.1) is 18.8 Å². The van der Waals surface area contributed by atoms with E-state index in [2.05, 4.69) is 16.8 Å². The van der Waals surface area contributed by atoms with Gasteiger partial charge in [-0.25, -0.2) is 4.98 Å². The van der Waals surface area contributed by atoms with Crippen LogP contribution < -0.4 is 5.73 Å². The highest BCUT2D eigenvalue weighted by Crippen LogP contribution is 1.99. The van der Waals surface area contributed by atoms with Gasteiger partial charge in [0.05, 0.1) is 0 Å². The number of nitrogens with zero attached hydrogens (tertiary/aromatic N) is 1. The number of carbonyl (C=O) groups is 1. The van der Waals surface area contributed by atoms with E-state index in [0.29, 0.717) is 5.69 Å². The molecule has 1 aromatic heterocycles. The molecule has 0 spiro atoms. The van der Waals surface area contributed by atoms with Crippen molar-refractivity contribution in [3.63, 3.8) is 0 Å². The van der Waals surface area contributed by atoms with E-state index in [4.69, 9.17) is 5.73 Å². The van der Waals surface area contributed by atoms with Crippen molar-refractivity contribution in [2.75, 3.05) is 0 Å². The molecule has 0 aromatic carbocycles. The summed E-state index contributed by atoms with van der Waals surface area (Å²) >= 11 is 0. The van der Waals surface area contributed by atoms with Crippen LogP contribution in [0.25, 0.3) is 0 Å². The van der Waals surface area contributed by atoms with Crippen LogP contribution in [0.15, 0.2) is 18.3 Å². The Labute approximate surface area is 70.6 Å². The molecule has 3 heteroatoms. The average molecular weight is 160 g/mol. The van der Waals surface area contributed by atoms with Gasteiger partial charge < -0.3 is 5.73 Å². The van der Waals surface area contributed by atoms with Gasteiger partial charge in [0, 0.05) is 12.1 Å². The van der Waals surface area contributed by atoms with E-state index in [9.17, 15) is 4.79 Å². The fourth-order valence-electron chi connectivity index (χ4n) is 0.737. The molecule has 0 fully saturated rings. The Morgan fingerprint density at radius 1 is 1.67 bits per heavy atom. The summed E-state index contributed by atoms with van der Waals surface area (Å²) in [7, 11) is 0. The first-order chi connectivity index (χ1) is 5.70. The van der Waals surface area contributed by atoms with Gasteiger partial charge in [-0.1, -0.05) is 6.07 Å². The number of hydrogen-bond acceptors (Lipinski definition) is 2. The molecule has 1 aromatic rings. The third kappa shape index (κ3) is 2.10. The maximum atomic E-state index is 10.3. The van der Waals surface area contributed by atoms with Crippen LogP contribution in [0.3, 0.4) is 0 Å². The first-order valence-electron chi connectivity index (χ1n) is 3.43. The Balaban J connectivity index is 2.99. The first-order valence-corrected chi connectivity index (χ1v) is 3.43. The van der Waals surface area contributed by atoms with E-state index < -0.39 is 5.91 Å². The Bertz CT molecular complexity index is 360. The number of primary amides is 1. The van der Waals surface area contributed by atoms with Crippen molar-refractivity contribution >= 4 is 5.91 Å². The van der Waals surface area contributed by atoms with Gasteiger partial charge in [-0.05, 0) is 24.5 Å². The van der Waals surface area contributed by atoms with Crippen molar-refractivity contribution in [2.45, 2.75) is 6.92 Å². The summed E-state index contributed by atoms with van der Waals surface area (Å²) in [6, 6.07) is 3.68. The molecule has 3 nitrogen and oxygen atoms in total. The molecule has 0 unspecified atom stereocenters. The number of amides is 1. The van der Waals surface area contributed by atoms with Crippen molar-refractivity contribution in [3.8, 4) is 11.8 Å². The minimum atomic E-state index is -0.639. The molecule has 0 aliphatic heterocycles. The van der Waals surface area contributed by atoms with Gasteiger partial charge in [0.1, 0.15) is 5.69 Å². The van der Waals surface area contributed by atoms with E-state index in [1.54, 1.807) is 6.20 Å². The zero-order chi connectivity index (χ0) is 8.97. The molecule has 12 heavy (non-hydrogen) atoms. The quantitative estimate of drug-likeness (QED) is 0.552. The molecule has 0 saturated heterocycles. The Kier molecular flexibility index (Phi) is 2.44. The molecule has 60 valence electrons. The van der Waals surface area contributed by atoms with E-state index in [0.717, 1.165) is 5.56 Å². The highest BCUT2D eigenvalue weighted by Gasteiger charge is 1.92. The predicted octanol–water partition coefficient (Wildman–Crippen LogP) is 0.227. The molecule has 0 saturated carbocycles. The number of carbonyl (C=O) groups excluding carboxylic acids is 1. The number of rotatable bonds is 0. The monoisotopic (exact) mass is 160 g/mol. The van der Waals surface area contributed by atoms with E-state index >= 15 is 0 Å². The van der Waals surface area contributed by atoms with Crippen LogP contribution in [0.1, 0.15) is 11.3 Å². The minimum absolute atomic E-state index is 0.594. The normalized spacial score (nSPS) is 8.42. The molecule has 1 amide bonds. The molecule has 0 atom stereocenters. The fraction of sp³-hybridized carbons (Fsp3) is 0.111. The van der Waals surface area contributed by atoms with Crippen LogP contribution in [-0.4, -0.2) is 10.9 Å². The molecule has 1 heterocycles. The lowest BCUT2D eigenvalue weighted by Gasteiger charge is -1.92. The lowest BCUT2D eigenvalue weighted by Crippen LogP contribution is -2.06. The maximum Gasteiger partial charge on any atom is 0.293 e. The number of aromatic nitrogens is 1. The topological polar surface area (TPSA) is 56.0 Å². The lowest BCUT2D eigenvalue weighted by atomic mass is 10.2. The second kappa shape index (κ2) is 3.54. The molecular formula is C9H8N2O. The van der Waals surface area contributed by atoms with Crippen LogP contribution in [0.5, 0.6) is 0 Å². The Hall–Kier alpha value is -1.82. The van der Waals surface area contributed by atoms with E-state index in [-0.39, 0.29) is 0 Å². The van der Waals surface area contributed by atoms with Gasteiger partial charge in [-0.3, -0.25) is 4.79 Å². The van der Waals surface area contributed by atoms with Crippen molar-refractivity contribution < 1.29 is 4.79 Å². The highest BCUT2D eigenvalue weighted by molar-refractivity contribution is 5.92. The second-order valence-electron chi connectivity index (χ2n) is 2.28. The highest BCUT2D eigenvalue weighted by atomic mass is 16.1. The SMILES string of the molecule is Cc1cccnc1C#CC(N)=O. The molecule has 2 N–H and O–H groups in total. The summed E-state index contributed by atoms with van der Waals surface area (Å²) in [4.78, 5) is 14.3. The Morgan fingerprint density at radius 2 is 2.42 bits per heavy atom. The van der Waals surface area contributed by atoms with Gasteiger partial charge in [0.15, 0.2) is 0 Å². The molecule has 1 rings (SSSR count). The smallest absolute Gasteiger partial charge is 0.293 e.